The van der Waals surface area contributed by atoms with Crippen molar-refractivity contribution in [3.8, 4) is 0 Å². The van der Waals surface area contributed by atoms with Crippen LogP contribution in [0.3, 0.4) is 0 Å². The number of aliphatic hydroxyl groups excluding tert-OH is 1. The van der Waals surface area contributed by atoms with E-state index in [1.54, 1.807) is 6.07 Å². The molecule has 152 valence electrons. The molecular weight excluding hydrogens is 401 g/mol. The van der Waals surface area contributed by atoms with Gasteiger partial charge in [-0.05, 0) is 85.3 Å². The number of aliphatic hydroxyl groups is 1. The van der Waals surface area contributed by atoms with Crippen LogP contribution in [0.5, 0.6) is 0 Å². The number of amides is 1. The molecule has 1 aliphatic rings. The third kappa shape index (κ3) is 3.23. The summed E-state index contributed by atoms with van der Waals surface area (Å²) in [4.78, 5) is 28.4. The summed E-state index contributed by atoms with van der Waals surface area (Å²) in [5.41, 5.74) is 3.88. The molecule has 0 spiro atoms. The number of aryl methyl sites for hydroxylation is 3. The van der Waals surface area contributed by atoms with Gasteiger partial charge in [0.15, 0.2) is 0 Å². The highest BCUT2D eigenvalue weighted by Crippen LogP contribution is 2.45. The molecule has 0 aliphatic carbocycles. The second-order valence-corrected chi connectivity index (χ2v) is 8.36. The first-order valence-electron chi connectivity index (χ1n) is 9.47. The highest BCUT2D eigenvalue weighted by atomic mass is 32.1. The summed E-state index contributed by atoms with van der Waals surface area (Å²) >= 11 is 1.42. The number of anilines is 1. The summed E-state index contributed by atoms with van der Waals surface area (Å²) in [6, 6.07) is 12.0. The molecule has 1 aliphatic heterocycles. The smallest absolute Gasteiger partial charge is 0.300 e. The second-order valence-electron chi connectivity index (χ2n) is 7.41. The standard InChI is InChI=1S/C24H20FNO3S/c1-13-4-9-18(12-15(13)3)26-20(23-14(2)10-11-30-23)19(22(28)24(26)29)21(27)16-5-7-17(25)8-6-16/h4-12,20,27H,1-3H3/b21-19-. The molecule has 2 heterocycles. The number of carbonyl (C=O) groups excluding carboxylic acids is 2. The Kier molecular flexibility index (Phi) is 5.03. The van der Waals surface area contributed by atoms with E-state index >= 15 is 0 Å². The van der Waals surface area contributed by atoms with Gasteiger partial charge in [0, 0.05) is 16.1 Å². The third-order valence-corrected chi connectivity index (χ3v) is 6.55. The maximum atomic E-state index is 13.3. The van der Waals surface area contributed by atoms with E-state index in [0.29, 0.717) is 5.69 Å². The number of rotatable bonds is 3. The van der Waals surface area contributed by atoms with Crippen LogP contribution in [0.1, 0.15) is 33.2 Å². The minimum atomic E-state index is -0.757. The lowest BCUT2D eigenvalue weighted by Crippen LogP contribution is -2.29. The first-order valence-corrected chi connectivity index (χ1v) is 10.4. The van der Waals surface area contributed by atoms with Crippen molar-refractivity contribution in [2.75, 3.05) is 4.90 Å². The molecule has 1 amide bonds. The highest BCUT2D eigenvalue weighted by molar-refractivity contribution is 7.10. The molecule has 6 heteroatoms. The molecule has 1 aromatic heterocycles. The third-order valence-electron chi connectivity index (χ3n) is 5.48. The van der Waals surface area contributed by atoms with Crippen molar-refractivity contribution in [2.45, 2.75) is 26.8 Å². The van der Waals surface area contributed by atoms with Crippen LogP contribution in [0, 0.1) is 26.6 Å². The van der Waals surface area contributed by atoms with Crippen molar-refractivity contribution in [1.29, 1.82) is 0 Å². The molecule has 1 saturated heterocycles. The highest BCUT2D eigenvalue weighted by Gasteiger charge is 2.47. The van der Waals surface area contributed by atoms with E-state index in [1.165, 1.54) is 40.5 Å². The van der Waals surface area contributed by atoms with Crippen molar-refractivity contribution in [3.63, 3.8) is 0 Å². The van der Waals surface area contributed by atoms with Crippen LogP contribution < -0.4 is 4.90 Å². The van der Waals surface area contributed by atoms with Crippen molar-refractivity contribution in [2.24, 2.45) is 0 Å². The molecule has 1 N–H and O–H groups in total. The maximum absolute atomic E-state index is 13.3. The van der Waals surface area contributed by atoms with E-state index in [4.69, 9.17) is 0 Å². The van der Waals surface area contributed by atoms with Gasteiger partial charge in [-0.15, -0.1) is 11.3 Å². The minimum absolute atomic E-state index is 0.00962. The average Bonchev–Trinajstić information content (AvgIpc) is 3.25. The molecule has 3 aromatic rings. The van der Waals surface area contributed by atoms with Gasteiger partial charge in [0.2, 0.25) is 0 Å². The largest absolute Gasteiger partial charge is 0.507 e. The molecule has 4 rings (SSSR count). The van der Waals surface area contributed by atoms with Gasteiger partial charge < -0.3 is 5.11 Å². The Labute approximate surface area is 177 Å². The van der Waals surface area contributed by atoms with Crippen molar-refractivity contribution < 1.29 is 19.1 Å². The zero-order valence-corrected chi connectivity index (χ0v) is 17.6. The van der Waals surface area contributed by atoms with Crippen molar-refractivity contribution >= 4 is 34.5 Å². The Hall–Kier alpha value is -3.25. The summed E-state index contributed by atoms with van der Waals surface area (Å²) in [6.45, 7) is 5.83. The first-order chi connectivity index (χ1) is 14.3. The molecule has 0 radical (unpaired) electrons. The second kappa shape index (κ2) is 7.54. The Morgan fingerprint density at radius 3 is 2.27 bits per heavy atom. The van der Waals surface area contributed by atoms with Gasteiger partial charge in [-0.25, -0.2) is 4.39 Å². The predicted molar refractivity (Wildman–Crippen MR) is 116 cm³/mol. The van der Waals surface area contributed by atoms with Crippen LogP contribution in [0.4, 0.5) is 10.1 Å². The molecule has 1 fully saturated rings. The van der Waals surface area contributed by atoms with Crippen molar-refractivity contribution in [3.05, 3.63) is 92.4 Å². The van der Waals surface area contributed by atoms with E-state index < -0.39 is 23.5 Å². The number of Topliss-reactive ketones (excluding diaryl/α,β-unsaturated/α-hetero) is 1. The van der Waals surface area contributed by atoms with Gasteiger partial charge in [-0.3, -0.25) is 14.5 Å². The van der Waals surface area contributed by atoms with Crippen LogP contribution in [-0.4, -0.2) is 16.8 Å². The molecule has 30 heavy (non-hydrogen) atoms. The van der Waals surface area contributed by atoms with E-state index in [9.17, 15) is 19.1 Å². The summed E-state index contributed by atoms with van der Waals surface area (Å²) in [7, 11) is 0. The number of carbonyl (C=O) groups is 2. The summed E-state index contributed by atoms with van der Waals surface area (Å²) in [6.07, 6.45) is 0. The van der Waals surface area contributed by atoms with Crippen LogP contribution in [0.15, 0.2) is 59.5 Å². The van der Waals surface area contributed by atoms with Gasteiger partial charge in [0.05, 0.1) is 5.57 Å². The quantitative estimate of drug-likeness (QED) is 0.348. The Morgan fingerprint density at radius 1 is 0.967 bits per heavy atom. The number of benzene rings is 2. The molecular formula is C24H20FNO3S. The zero-order chi connectivity index (χ0) is 21.6. The lowest BCUT2D eigenvalue weighted by Gasteiger charge is -2.25. The lowest BCUT2D eigenvalue weighted by molar-refractivity contribution is -0.132. The first kappa shape index (κ1) is 20.0. The Balaban J connectivity index is 1.95. The number of thiophene rings is 1. The number of nitrogens with zero attached hydrogens (tertiary/aromatic N) is 1. The fourth-order valence-electron chi connectivity index (χ4n) is 3.65. The molecule has 0 saturated carbocycles. The van der Waals surface area contributed by atoms with E-state index in [-0.39, 0.29) is 16.9 Å². The minimum Gasteiger partial charge on any atom is -0.507 e. The van der Waals surface area contributed by atoms with Gasteiger partial charge >= 0.3 is 0 Å². The lowest BCUT2D eigenvalue weighted by atomic mass is 9.98. The molecule has 0 bridgehead atoms. The average molecular weight is 421 g/mol. The Bertz CT molecular complexity index is 1190. The van der Waals surface area contributed by atoms with Gasteiger partial charge in [0.25, 0.3) is 11.7 Å². The summed E-state index contributed by atoms with van der Waals surface area (Å²) < 4.78 is 13.3. The van der Waals surface area contributed by atoms with Crippen LogP contribution in [-0.2, 0) is 9.59 Å². The zero-order valence-electron chi connectivity index (χ0n) is 16.8. The number of halogens is 1. The number of hydrogen-bond donors (Lipinski definition) is 1. The van der Waals surface area contributed by atoms with E-state index in [0.717, 1.165) is 21.6 Å². The fraction of sp³-hybridized carbons (Fsp3) is 0.167. The summed E-state index contributed by atoms with van der Waals surface area (Å²) in [5.74, 6) is -2.21. The molecule has 1 atom stereocenters. The number of hydrogen-bond acceptors (Lipinski definition) is 4. The van der Waals surface area contributed by atoms with Crippen LogP contribution >= 0.6 is 11.3 Å². The normalized spacial score (nSPS) is 18.3. The van der Waals surface area contributed by atoms with E-state index in [1.807, 2.05) is 44.4 Å². The van der Waals surface area contributed by atoms with Crippen molar-refractivity contribution in [1.82, 2.24) is 0 Å². The summed E-state index contributed by atoms with van der Waals surface area (Å²) in [5, 5.41) is 12.9. The molecule has 1 unspecified atom stereocenters. The van der Waals surface area contributed by atoms with Crippen LogP contribution in [0.25, 0.3) is 5.76 Å². The van der Waals surface area contributed by atoms with Gasteiger partial charge in [-0.1, -0.05) is 6.07 Å². The number of ketones is 1. The monoisotopic (exact) mass is 421 g/mol. The van der Waals surface area contributed by atoms with Crippen LogP contribution in [0.2, 0.25) is 0 Å². The van der Waals surface area contributed by atoms with Gasteiger partial charge in [0.1, 0.15) is 17.6 Å². The topological polar surface area (TPSA) is 57.6 Å². The van der Waals surface area contributed by atoms with E-state index in [2.05, 4.69) is 0 Å². The Morgan fingerprint density at radius 2 is 1.67 bits per heavy atom. The predicted octanol–water partition coefficient (Wildman–Crippen LogP) is 5.44. The molecule has 2 aromatic carbocycles. The van der Waals surface area contributed by atoms with Gasteiger partial charge in [-0.2, -0.15) is 0 Å². The molecule has 4 nitrogen and oxygen atoms in total. The SMILES string of the molecule is Cc1ccc(N2C(=O)C(=O)/C(=C(\O)c3ccc(F)cc3)C2c2sccc2C)cc1C. The fourth-order valence-corrected chi connectivity index (χ4v) is 4.67. The maximum Gasteiger partial charge on any atom is 0.300 e.